The van der Waals surface area contributed by atoms with Gasteiger partial charge in [-0.15, -0.1) is 0 Å². The molecule has 104 valence electrons. The second-order valence-corrected chi connectivity index (χ2v) is 5.77. The molecule has 1 aliphatic rings. The van der Waals surface area contributed by atoms with Crippen molar-refractivity contribution in [2.45, 2.75) is 32.4 Å². The Kier molecular flexibility index (Phi) is 3.92. The highest BCUT2D eigenvalue weighted by Crippen LogP contribution is 2.24. The van der Waals surface area contributed by atoms with Crippen LogP contribution in [0.5, 0.6) is 0 Å². The molecule has 1 saturated heterocycles. The maximum absolute atomic E-state index is 12.7. The first-order chi connectivity index (χ1) is 8.94. The molecule has 4 heteroatoms. The molecule has 0 aliphatic carbocycles. The van der Waals surface area contributed by atoms with E-state index >= 15 is 0 Å². The van der Waals surface area contributed by atoms with E-state index in [2.05, 4.69) is 0 Å². The molecule has 0 bridgehead atoms. The Bertz CT molecular complexity index is 471. The van der Waals surface area contributed by atoms with E-state index < -0.39 is 0 Å². The summed E-state index contributed by atoms with van der Waals surface area (Å²) in [6.45, 7) is 7.54. The van der Waals surface area contributed by atoms with Crippen LogP contribution >= 0.6 is 0 Å². The molecule has 2 rings (SSSR count). The number of hydrogen-bond acceptors (Lipinski definition) is 3. The fourth-order valence-corrected chi connectivity index (χ4v) is 2.34. The van der Waals surface area contributed by atoms with Crippen molar-refractivity contribution in [2.24, 2.45) is 5.73 Å². The quantitative estimate of drug-likeness (QED) is 0.880. The van der Waals surface area contributed by atoms with E-state index in [9.17, 15) is 4.79 Å². The van der Waals surface area contributed by atoms with Gasteiger partial charge in [-0.3, -0.25) is 4.79 Å². The molecule has 4 nitrogen and oxygen atoms in total. The highest BCUT2D eigenvalue weighted by atomic mass is 16.5. The van der Waals surface area contributed by atoms with E-state index in [1.807, 2.05) is 49.9 Å². The Morgan fingerprint density at radius 2 is 2.26 bits per heavy atom. The Labute approximate surface area is 114 Å². The first-order valence-electron chi connectivity index (χ1n) is 6.64. The first kappa shape index (κ1) is 14.0. The molecule has 1 amide bonds. The third-order valence-corrected chi connectivity index (χ3v) is 3.56. The van der Waals surface area contributed by atoms with Gasteiger partial charge < -0.3 is 15.4 Å². The van der Waals surface area contributed by atoms with Crippen molar-refractivity contribution in [1.29, 1.82) is 0 Å². The molecule has 1 aromatic rings. The zero-order chi connectivity index (χ0) is 14.0. The van der Waals surface area contributed by atoms with Gasteiger partial charge >= 0.3 is 0 Å². The van der Waals surface area contributed by atoms with Crippen molar-refractivity contribution >= 4 is 5.91 Å². The van der Waals surface area contributed by atoms with Crippen LogP contribution in [0.25, 0.3) is 0 Å². The molecule has 1 atom stereocenters. The van der Waals surface area contributed by atoms with Crippen LogP contribution in [0.2, 0.25) is 0 Å². The molecule has 1 aliphatic heterocycles. The zero-order valence-corrected chi connectivity index (χ0v) is 11.8. The fraction of sp³-hybridized carbons (Fsp3) is 0.533. The first-order valence-corrected chi connectivity index (χ1v) is 6.64. The number of carbonyl (C=O) groups excluding carboxylic acids is 1. The van der Waals surface area contributed by atoms with Crippen molar-refractivity contribution in [3.63, 3.8) is 0 Å². The monoisotopic (exact) mass is 262 g/mol. The minimum Gasteiger partial charge on any atom is -0.373 e. The van der Waals surface area contributed by atoms with Gasteiger partial charge in [0.1, 0.15) is 0 Å². The molecule has 1 aromatic carbocycles. The molecule has 1 fully saturated rings. The lowest BCUT2D eigenvalue weighted by Gasteiger charge is -2.45. The Morgan fingerprint density at radius 3 is 2.89 bits per heavy atom. The highest BCUT2D eigenvalue weighted by molar-refractivity contribution is 5.95. The molecular weight excluding hydrogens is 240 g/mol. The second-order valence-electron chi connectivity index (χ2n) is 5.77. The lowest BCUT2D eigenvalue weighted by atomic mass is 9.98. The van der Waals surface area contributed by atoms with Crippen LogP contribution in [0, 0.1) is 6.92 Å². The molecule has 0 saturated carbocycles. The second kappa shape index (κ2) is 5.31. The van der Waals surface area contributed by atoms with Crippen molar-refractivity contribution in [3.8, 4) is 0 Å². The largest absolute Gasteiger partial charge is 0.373 e. The lowest BCUT2D eigenvalue weighted by molar-refractivity contribution is -0.0788. The summed E-state index contributed by atoms with van der Waals surface area (Å²) in [7, 11) is 0. The molecule has 0 aromatic heterocycles. The van der Waals surface area contributed by atoms with E-state index in [-0.39, 0.29) is 17.6 Å². The summed E-state index contributed by atoms with van der Waals surface area (Å²) in [4.78, 5) is 14.5. The minimum atomic E-state index is -0.299. The number of nitrogens with two attached hydrogens (primary N) is 1. The van der Waals surface area contributed by atoms with Gasteiger partial charge in [0.25, 0.3) is 5.91 Å². The molecule has 0 radical (unpaired) electrons. The van der Waals surface area contributed by atoms with E-state index in [0.717, 1.165) is 11.1 Å². The van der Waals surface area contributed by atoms with E-state index in [1.54, 1.807) is 0 Å². The Balaban J connectivity index is 2.25. The van der Waals surface area contributed by atoms with Crippen molar-refractivity contribution in [2.75, 3.05) is 19.7 Å². The van der Waals surface area contributed by atoms with Gasteiger partial charge in [-0.2, -0.15) is 0 Å². The summed E-state index contributed by atoms with van der Waals surface area (Å²) in [6, 6.07) is 7.68. The van der Waals surface area contributed by atoms with E-state index in [1.165, 1.54) is 0 Å². The maximum atomic E-state index is 12.7. The van der Waals surface area contributed by atoms with Crippen molar-refractivity contribution in [1.82, 2.24) is 4.90 Å². The molecule has 19 heavy (non-hydrogen) atoms. The highest BCUT2D eigenvalue weighted by Gasteiger charge is 2.37. The summed E-state index contributed by atoms with van der Waals surface area (Å²) in [6.07, 6.45) is -0.0678. The van der Waals surface area contributed by atoms with Crippen LogP contribution in [0.4, 0.5) is 0 Å². The normalized spacial score (nSPS) is 22.3. The van der Waals surface area contributed by atoms with Crippen LogP contribution in [-0.4, -0.2) is 42.1 Å². The van der Waals surface area contributed by atoms with Crippen LogP contribution in [-0.2, 0) is 4.74 Å². The van der Waals surface area contributed by atoms with Gasteiger partial charge in [0.05, 0.1) is 18.2 Å². The predicted octanol–water partition coefficient (Wildman–Crippen LogP) is 1.57. The number of morpholine rings is 1. The maximum Gasteiger partial charge on any atom is 0.254 e. The lowest BCUT2D eigenvalue weighted by Crippen LogP contribution is -2.59. The summed E-state index contributed by atoms with van der Waals surface area (Å²) in [5.41, 5.74) is 7.17. The van der Waals surface area contributed by atoms with Gasteiger partial charge in [0, 0.05) is 18.7 Å². The van der Waals surface area contributed by atoms with Gasteiger partial charge in [-0.05, 0) is 32.9 Å². The van der Waals surface area contributed by atoms with Crippen molar-refractivity contribution in [3.05, 3.63) is 35.4 Å². The predicted molar refractivity (Wildman–Crippen MR) is 75.1 cm³/mol. The molecular formula is C15H22N2O2. The van der Waals surface area contributed by atoms with Gasteiger partial charge in [0.15, 0.2) is 0 Å². The zero-order valence-electron chi connectivity index (χ0n) is 11.8. The summed E-state index contributed by atoms with van der Waals surface area (Å²) in [5, 5.41) is 0. The fourth-order valence-electron chi connectivity index (χ4n) is 2.34. The number of rotatable bonds is 2. The number of nitrogens with zero attached hydrogens (tertiary/aromatic N) is 1. The van der Waals surface area contributed by atoms with Crippen LogP contribution in [0.3, 0.4) is 0 Å². The van der Waals surface area contributed by atoms with E-state index in [4.69, 9.17) is 10.5 Å². The van der Waals surface area contributed by atoms with Crippen LogP contribution in [0.15, 0.2) is 24.3 Å². The average molecular weight is 262 g/mol. The van der Waals surface area contributed by atoms with Gasteiger partial charge in [-0.1, -0.05) is 17.7 Å². The molecule has 0 spiro atoms. The Morgan fingerprint density at radius 1 is 1.53 bits per heavy atom. The van der Waals surface area contributed by atoms with Gasteiger partial charge in [-0.25, -0.2) is 0 Å². The van der Waals surface area contributed by atoms with Crippen LogP contribution in [0.1, 0.15) is 29.8 Å². The number of amides is 1. The number of aryl methyl sites for hydroxylation is 1. The minimum absolute atomic E-state index is 0.0513. The smallest absolute Gasteiger partial charge is 0.254 e. The van der Waals surface area contributed by atoms with E-state index in [0.29, 0.717) is 19.7 Å². The molecule has 2 N–H and O–H groups in total. The summed E-state index contributed by atoms with van der Waals surface area (Å²) < 4.78 is 5.66. The SMILES string of the molecule is Cc1cccc(C(=O)N2CC(CN)OCC2(C)C)c1. The average Bonchev–Trinajstić information content (AvgIpc) is 2.38. The van der Waals surface area contributed by atoms with Crippen molar-refractivity contribution < 1.29 is 9.53 Å². The third kappa shape index (κ3) is 2.96. The standard InChI is InChI=1S/C15H22N2O2/c1-11-5-4-6-12(7-11)14(18)17-9-13(8-16)19-10-15(17,2)3/h4-7,13H,8-10,16H2,1-3H3. The van der Waals surface area contributed by atoms with Gasteiger partial charge in [0.2, 0.25) is 0 Å². The topological polar surface area (TPSA) is 55.6 Å². The number of benzene rings is 1. The number of ether oxygens (including phenoxy) is 1. The molecule has 1 heterocycles. The third-order valence-electron chi connectivity index (χ3n) is 3.56. The van der Waals surface area contributed by atoms with Crippen LogP contribution < -0.4 is 5.73 Å². The molecule has 1 unspecified atom stereocenters. The number of carbonyl (C=O) groups is 1. The number of hydrogen-bond donors (Lipinski definition) is 1. The Hall–Kier alpha value is -1.39. The summed E-state index contributed by atoms with van der Waals surface area (Å²) >= 11 is 0. The summed E-state index contributed by atoms with van der Waals surface area (Å²) in [5.74, 6) is 0.0513.